The molecule has 0 aromatic carbocycles. The third-order valence-electron chi connectivity index (χ3n) is 1.75. The maximum atomic E-state index is 11.5. The van der Waals surface area contributed by atoms with Gasteiger partial charge in [-0.25, -0.2) is 5.01 Å². The van der Waals surface area contributed by atoms with Crippen molar-refractivity contribution in [1.29, 1.82) is 0 Å². The van der Waals surface area contributed by atoms with E-state index in [1.54, 1.807) is 0 Å². The third kappa shape index (κ3) is 7.08. The highest BCUT2D eigenvalue weighted by Crippen LogP contribution is 1.92. The van der Waals surface area contributed by atoms with Gasteiger partial charge in [0.2, 0.25) is 0 Å². The van der Waals surface area contributed by atoms with E-state index in [0.717, 1.165) is 0 Å². The number of hydrazone groups is 1. The molecule has 0 rings (SSSR count). The van der Waals surface area contributed by atoms with E-state index in [0.29, 0.717) is 13.1 Å². The van der Waals surface area contributed by atoms with Crippen LogP contribution in [-0.4, -0.2) is 68.7 Å². The maximum Gasteiger partial charge on any atom is 0.268 e. The maximum absolute atomic E-state index is 11.5. The number of rotatable bonds is 8. The first-order valence-corrected chi connectivity index (χ1v) is 4.96. The fraction of sp³-hybridized carbons (Fsp3) is 0.700. The van der Waals surface area contributed by atoms with Gasteiger partial charge in [0.1, 0.15) is 13.2 Å². The van der Waals surface area contributed by atoms with Crippen molar-refractivity contribution < 1.29 is 14.3 Å². The van der Waals surface area contributed by atoms with Gasteiger partial charge in [0.15, 0.2) is 5.78 Å². The smallest absolute Gasteiger partial charge is 0.268 e. The standard InChI is InChI=1S/C10H19N3O3/c1-9(14)7-16-8-10(15)13(11-2)6-5-12(3)4/h2,5-8H2,1,3-4H3. The van der Waals surface area contributed by atoms with Crippen LogP contribution in [0, 0.1) is 0 Å². The Bertz CT molecular complexity index is 254. The number of carbonyl (C=O) groups excluding carboxylic acids is 2. The predicted molar refractivity (Wildman–Crippen MR) is 61.3 cm³/mol. The van der Waals surface area contributed by atoms with E-state index in [4.69, 9.17) is 4.74 Å². The molecule has 0 aromatic rings. The summed E-state index contributed by atoms with van der Waals surface area (Å²) in [6.45, 7) is 5.67. The van der Waals surface area contributed by atoms with Crippen molar-refractivity contribution in [3.05, 3.63) is 0 Å². The number of nitrogens with zero attached hydrogens (tertiary/aromatic N) is 3. The Hall–Kier alpha value is -1.27. The zero-order valence-electron chi connectivity index (χ0n) is 10.1. The van der Waals surface area contributed by atoms with Crippen LogP contribution in [0.5, 0.6) is 0 Å². The molecule has 0 atom stereocenters. The highest BCUT2D eigenvalue weighted by atomic mass is 16.5. The van der Waals surface area contributed by atoms with Gasteiger partial charge in [-0.3, -0.25) is 9.59 Å². The Labute approximate surface area is 95.8 Å². The van der Waals surface area contributed by atoms with Crippen LogP contribution >= 0.6 is 0 Å². The molecule has 1 amide bonds. The lowest BCUT2D eigenvalue weighted by atomic mass is 10.5. The molecule has 92 valence electrons. The second-order valence-electron chi connectivity index (χ2n) is 3.66. The van der Waals surface area contributed by atoms with Crippen molar-refractivity contribution in [3.8, 4) is 0 Å². The normalized spacial score (nSPS) is 10.2. The molecule has 0 unspecified atom stereocenters. The number of hydrogen-bond acceptors (Lipinski definition) is 5. The summed E-state index contributed by atoms with van der Waals surface area (Å²) in [5.41, 5.74) is 0. The van der Waals surface area contributed by atoms with Crippen molar-refractivity contribution in [2.24, 2.45) is 5.10 Å². The van der Waals surface area contributed by atoms with E-state index in [9.17, 15) is 9.59 Å². The Balaban J connectivity index is 3.91. The minimum Gasteiger partial charge on any atom is -0.364 e. The topological polar surface area (TPSA) is 62.2 Å². The first-order valence-electron chi connectivity index (χ1n) is 4.96. The molecule has 0 radical (unpaired) electrons. The summed E-state index contributed by atoms with van der Waals surface area (Å²) < 4.78 is 4.90. The van der Waals surface area contributed by atoms with E-state index in [1.807, 2.05) is 19.0 Å². The van der Waals surface area contributed by atoms with Gasteiger partial charge < -0.3 is 9.64 Å². The molecule has 0 bridgehead atoms. The molecule has 0 saturated carbocycles. The fourth-order valence-corrected chi connectivity index (χ4v) is 0.926. The van der Waals surface area contributed by atoms with Gasteiger partial charge in [0.25, 0.3) is 5.91 Å². The summed E-state index contributed by atoms with van der Waals surface area (Å²) in [7, 11) is 3.80. The molecule has 0 N–H and O–H groups in total. The molecule has 0 aliphatic heterocycles. The van der Waals surface area contributed by atoms with Crippen molar-refractivity contribution in [3.63, 3.8) is 0 Å². The van der Waals surface area contributed by atoms with E-state index in [2.05, 4.69) is 11.8 Å². The highest BCUT2D eigenvalue weighted by Gasteiger charge is 2.12. The zero-order chi connectivity index (χ0) is 12.6. The van der Waals surface area contributed by atoms with Crippen LogP contribution in [0.2, 0.25) is 0 Å². The van der Waals surface area contributed by atoms with Crippen molar-refractivity contribution >= 4 is 18.4 Å². The summed E-state index contributed by atoms with van der Waals surface area (Å²) in [6, 6.07) is 0. The number of amides is 1. The van der Waals surface area contributed by atoms with Gasteiger partial charge in [0, 0.05) is 13.3 Å². The van der Waals surface area contributed by atoms with Crippen LogP contribution in [0.4, 0.5) is 0 Å². The molecule has 0 heterocycles. The number of ketones is 1. The quantitative estimate of drug-likeness (QED) is 0.419. The minimum absolute atomic E-state index is 0.0512. The first kappa shape index (κ1) is 14.7. The van der Waals surface area contributed by atoms with E-state index >= 15 is 0 Å². The molecule has 0 saturated heterocycles. The third-order valence-corrected chi connectivity index (χ3v) is 1.75. The molecule has 6 nitrogen and oxygen atoms in total. The molecule has 16 heavy (non-hydrogen) atoms. The largest absolute Gasteiger partial charge is 0.364 e. The van der Waals surface area contributed by atoms with Gasteiger partial charge in [0.05, 0.1) is 6.54 Å². The lowest BCUT2D eigenvalue weighted by Gasteiger charge is -2.18. The molecule has 6 heteroatoms. The molecule has 0 aliphatic carbocycles. The summed E-state index contributed by atoms with van der Waals surface area (Å²) >= 11 is 0. The van der Waals surface area contributed by atoms with Crippen LogP contribution in [-0.2, 0) is 14.3 Å². The minimum atomic E-state index is -0.293. The average molecular weight is 229 g/mol. The fourth-order valence-electron chi connectivity index (χ4n) is 0.926. The summed E-state index contributed by atoms with van der Waals surface area (Å²) in [5.74, 6) is -0.405. The lowest BCUT2D eigenvalue weighted by molar-refractivity contribution is -0.137. The number of Topliss-reactive ketones (excluding diaryl/α,β-unsaturated/α-hetero) is 1. The molecule has 0 aromatic heterocycles. The van der Waals surface area contributed by atoms with Gasteiger partial charge in [-0.1, -0.05) is 0 Å². The van der Waals surface area contributed by atoms with Gasteiger partial charge in [-0.05, 0) is 21.0 Å². The molecular weight excluding hydrogens is 210 g/mol. The summed E-state index contributed by atoms with van der Waals surface area (Å²) in [4.78, 5) is 24.0. The Morgan fingerprint density at radius 3 is 2.31 bits per heavy atom. The number of likely N-dealkylation sites (N-methyl/N-ethyl adjacent to an activating group) is 1. The zero-order valence-corrected chi connectivity index (χ0v) is 10.1. The predicted octanol–water partition coefficient (Wildman–Crippen LogP) is -0.402. The van der Waals surface area contributed by atoms with E-state index in [-0.39, 0.29) is 24.9 Å². The van der Waals surface area contributed by atoms with Crippen LogP contribution in [0.15, 0.2) is 5.10 Å². The second kappa shape index (κ2) is 7.95. The number of hydrogen-bond donors (Lipinski definition) is 0. The summed E-state index contributed by atoms with van der Waals surface area (Å²) in [5, 5.41) is 4.84. The Kier molecular flexibility index (Phi) is 7.32. The number of ether oxygens (including phenoxy) is 1. The van der Waals surface area contributed by atoms with Crippen LogP contribution in [0.3, 0.4) is 0 Å². The van der Waals surface area contributed by atoms with E-state index in [1.165, 1.54) is 11.9 Å². The van der Waals surface area contributed by atoms with Crippen molar-refractivity contribution in [2.45, 2.75) is 6.92 Å². The van der Waals surface area contributed by atoms with Crippen LogP contribution in [0.25, 0.3) is 0 Å². The van der Waals surface area contributed by atoms with Gasteiger partial charge in [-0.15, -0.1) is 0 Å². The molecular formula is C10H19N3O3. The lowest BCUT2D eigenvalue weighted by Crippen LogP contribution is -2.35. The van der Waals surface area contributed by atoms with Gasteiger partial charge >= 0.3 is 0 Å². The molecule has 0 aliphatic rings. The van der Waals surface area contributed by atoms with Gasteiger partial charge in [-0.2, -0.15) is 5.10 Å². The van der Waals surface area contributed by atoms with E-state index < -0.39 is 0 Å². The van der Waals surface area contributed by atoms with Crippen LogP contribution < -0.4 is 0 Å². The first-order chi connectivity index (χ1) is 7.47. The number of carbonyl (C=O) groups is 2. The SMILES string of the molecule is C=NN(CCN(C)C)C(=O)COCC(C)=O. The van der Waals surface area contributed by atoms with Crippen LogP contribution in [0.1, 0.15) is 6.92 Å². The summed E-state index contributed by atoms with van der Waals surface area (Å²) in [6.07, 6.45) is 0. The highest BCUT2D eigenvalue weighted by molar-refractivity contribution is 5.79. The molecule has 0 fully saturated rings. The van der Waals surface area contributed by atoms with Crippen molar-refractivity contribution in [1.82, 2.24) is 9.91 Å². The Morgan fingerprint density at radius 2 is 1.88 bits per heavy atom. The average Bonchev–Trinajstić information content (AvgIpc) is 2.17. The monoisotopic (exact) mass is 229 g/mol. The van der Waals surface area contributed by atoms with Crippen molar-refractivity contribution in [2.75, 3.05) is 40.4 Å². The molecule has 0 spiro atoms. The Morgan fingerprint density at radius 1 is 1.25 bits per heavy atom. The second-order valence-corrected chi connectivity index (χ2v) is 3.66.